The summed E-state index contributed by atoms with van der Waals surface area (Å²) in [6.45, 7) is 12.2. The number of hydrogen-bond donors (Lipinski definition) is 1. The van der Waals surface area contributed by atoms with Crippen LogP contribution in [0.1, 0.15) is 68.2 Å². The first-order chi connectivity index (χ1) is 13.1. The number of piperazine rings is 1. The number of rotatable bonds is 5. The van der Waals surface area contributed by atoms with Crippen molar-refractivity contribution in [1.29, 1.82) is 0 Å². The van der Waals surface area contributed by atoms with Gasteiger partial charge in [0, 0.05) is 49.3 Å². The van der Waals surface area contributed by atoms with Gasteiger partial charge in [0.25, 0.3) is 11.8 Å². The van der Waals surface area contributed by atoms with Crippen molar-refractivity contribution in [1.82, 2.24) is 15.1 Å². The molecule has 1 saturated heterocycles. The number of benzene rings is 1. The highest BCUT2D eigenvalue weighted by Crippen LogP contribution is 2.13. The molecule has 1 N–H and O–H groups in total. The smallest absolute Gasteiger partial charge is 0.253 e. The molecule has 0 radical (unpaired) electrons. The van der Waals surface area contributed by atoms with Gasteiger partial charge in [0.15, 0.2) is 0 Å². The lowest BCUT2D eigenvalue weighted by Crippen LogP contribution is -2.50. The molecule has 0 bridgehead atoms. The number of carbonyl (C=O) groups is 3. The van der Waals surface area contributed by atoms with Crippen LogP contribution >= 0.6 is 0 Å². The molecule has 1 aliphatic heterocycles. The van der Waals surface area contributed by atoms with Crippen LogP contribution in [0.4, 0.5) is 0 Å². The van der Waals surface area contributed by atoms with Crippen molar-refractivity contribution >= 4 is 17.7 Å². The molecule has 2 rings (SSSR count). The third kappa shape index (κ3) is 6.36. The van der Waals surface area contributed by atoms with Crippen LogP contribution in [0.3, 0.4) is 0 Å². The molecule has 1 heterocycles. The van der Waals surface area contributed by atoms with Gasteiger partial charge in [-0.15, -0.1) is 0 Å². The molecule has 1 aromatic rings. The summed E-state index contributed by atoms with van der Waals surface area (Å²) in [5.74, 6) is 0.479. The Balaban J connectivity index is 1.89. The molecule has 1 aliphatic rings. The molecule has 6 nitrogen and oxygen atoms in total. The van der Waals surface area contributed by atoms with E-state index in [1.54, 1.807) is 29.2 Å². The van der Waals surface area contributed by atoms with E-state index >= 15 is 0 Å². The maximum atomic E-state index is 12.7. The van der Waals surface area contributed by atoms with Gasteiger partial charge in [-0.2, -0.15) is 0 Å². The number of hydrogen-bond acceptors (Lipinski definition) is 3. The van der Waals surface area contributed by atoms with E-state index in [4.69, 9.17) is 0 Å². The summed E-state index contributed by atoms with van der Waals surface area (Å²) in [4.78, 5) is 40.8. The van der Waals surface area contributed by atoms with Gasteiger partial charge in [-0.3, -0.25) is 14.4 Å². The third-order valence-corrected chi connectivity index (χ3v) is 4.74. The quantitative estimate of drug-likeness (QED) is 0.844. The van der Waals surface area contributed by atoms with Crippen molar-refractivity contribution in [3.05, 3.63) is 35.4 Å². The van der Waals surface area contributed by atoms with Gasteiger partial charge in [0.2, 0.25) is 5.91 Å². The molecule has 6 heteroatoms. The number of carbonyl (C=O) groups excluding carboxylic acids is 3. The van der Waals surface area contributed by atoms with Crippen LogP contribution < -0.4 is 5.32 Å². The fourth-order valence-electron chi connectivity index (χ4n) is 3.09. The lowest BCUT2D eigenvalue weighted by molar-refractivity contribution is -0.132. The Labute approximate surface area is 168 Å². The standard InChI is InChI=1S/C22H33N3O3/c1-16(2)6-11-19(26)24-12-14-25(15-13-24)21(28)18-9-7-17(8-10-18)20(27)23-22(3,4)5/h7-10,16H,6,11-15H2,1-5H3,(H,23,27). The molecule has 0 atom stereocenters. The largest absolute Gasteiger partial charge is 0.347 e. The fraction of sp³-hybridized carbons (Fsp3) is 0.591. The molecule has 154 valence electrons. The number of amides is 3. The van der Waals surface area contributed by atoms with Crippen LogP contribution in [0, 0.1) is 5.92 Å². The highest BCUT2D eigenvalue weighted by atomic mass is 16.2. The molecular weight excluding hydrogens is 354 g/mol. The van der Waals surface area contributed by atoms with Crippen molar-refractivity contribution in [2.24, 2.45) is 5.92 Å². The zero-order valence-corrected chi connectivity index (χ0v) is 17.7. The van der Waals surface area contributed by atoms with E-state index in [9.17, 15) is 14.4 Å². The van der Waals surface area contributed by atoms with Crippen molar-refractivity contribution in [2.45, 2.75) is 53.0 Å². The first-order valence-electron chi connectivity index (χ1n) is 10.1. The normalized spacial score (nSPS) is 14.9. The Morgan fingerprint density at radius 3 is 1.93 bits per heavy atom. The van der Waals surface area contributed by atoms with Crippen molar-refractivity contribution in [3.8, 4) is 0 Å². The van der Waals surface area contributed by atoms with E-state index in [-0.39, 0.29) is 23.3 Å². The van der Waals surface area contributed by atoms with Gasteiger partial charge in [0.05, 0.1) is 0 Å². The summed E-state index contributed by atoms with van der Waals surface area (Å²) < 4.78 is 0. The Kier molecular flexibility index (Phi) is 7.22. The summed E-state index contributed by atoms with van der Waals surface area (Å²) in [6, 6.07) is 6.75. The number of nitrogens with zero attached hydrogens (tertiary/aromatic N) is 2. The van der Waals surface area contributed by atoms with E-state index in [2.05, 4.69) is 19.2 Å². The maximum Gasteiger partial charge on any atom is 0.253 e. The van der Waals surface area contributed by atoms with Crippen LogP contribution in [0.15, 0.2) is 24.3 Å². The molecule has 3 amide bonds. The van der Waals surface area contributed by atoms with Crippen molar-refractivity contribution < 1.29 is 14.4 Å². The average molecular weight is 388 g/mol. The topological polar surface area (TPSA) is 69.7 Å². The van der Waals surface area contributed by atoms with Crippen molar-refractivity contribution in [3.63, 3.8) is 0 Å². The van der Waals surface area contributed by atoms with E-state index in [1.165, 1.54) is 0 Å². The summed E-state index contributed by atoms with van der Waals surface area (Å²) in [5, 5.41) is 2.91. The Bertz CT molecular complexity index is 697. The SMILES string of the molecule is CC(C)CCC(=O)N1CCN(C(=O)c2ccc(C(=O)NC(C)(C)C)cc2)CC1. The van der Waals surface area contributed by atoms with Gasteiger partial charge in [-0.1, -0.05) is 13.8 Å². The second-order valence-corrected chi connectivity index (χ2v) is 8.89. The van der Waals surface area contributed by atoms with E-state index < -0.39 is 0 Å². The van der Waals surface area contributed by atoms with E-state index in [0.29, 0.717) is 49.6 Å². The van der Waals surface area contributed by atoms with Gasteiger partial charge in [-0.05, 0) is 57.4 Å². The molecule has 0 saturated carbocycles. The molecule has 1 aromatic carbocycles. The summed E-state index contributed by atoms with van der Waals surface area (Å²) >= 11 is 0. The second-order valence-electron chi connectivity index (χ2n) is 8.89. The first kappa shape index (κ1) is 21.9. The summed E-state index contributed by atoms with van der Waals surface area (Å²) in [5.41, 5.74) is 0.789. The van der Waals surface area contributed by atoms with Crippen LogP contribution in [0.2, 0.25) is 0 Å². The van der Waals surface area contributed by atoms with Gasteiger partial charge in [-0.25, -0.2) is 0 Å². The first-order valence-corrected chi connectivity index (χ1v) is 10.1. The lowest BCUT2D eigenvalue weighted by atomic mass is 10.1. The van der Waals surface area contributed by atoms with Crippen molar-refractivity contribution in [2.75, 3.05) is 26.2 Å². The highest BCUT2D eigenvalue weighted by Gasteiger charge is 2.25. The van der Waals surface area contributed by atoms with E-state index in [0.717, 1.165) is 6.42 Å². The monoisotopic (exact) mass is 387 g/mol. The Hall–Kier alpha value is -2.37. The third-order valence-electron chi connectivity index (χ3n) is 4.74. The molecule has 0 spiro atoms. The lowest BCUT2D eigenvalue weighted by Gasteiger charge is -2.35. The molecule has 0 aliphatic carbocycles. The minimum atomic E-state index is -0.308. The Morgan fingerprint density at radius 1 is 0.929 bits per heavy atom. The average Bonchev–Trinajstić information content (AvgIpc) is 2.64. The minimum absolute atomic E-state index is 0.0583. The van der Waals surface area contributed by atoms with Crippen LogP contribution in [0.5, 0.6) is 0 Å². The number of nitrogens with one attached hydrogen (secondary N) is 1. The van der Waals surface area contributed by atoms with Gasteiger partial charge >= 0.3 is 0 Å². The molecule has 0 aromatic heterocycles. The highest BCUT2D eigenvalue weighted by molar-refractivity contribution is 5.98. The molecule has 28 heavy (non-hydrogen) atoms. The zero-order chi connectivity index (χ0) is 20.9. The van der Waals surface area contributed by atoms with Gasteiger partial charge in [0.1, 0.15) is 0 Å². The van der Waals surface area contributed by atoms with Gasteiger partial charge < -0.3 is 15.1 Å². The summed E-state index contributed by atoms with van der Waals surface area (Å²) in [7, 11) is 0. The van der Waals surface area contributed by atoms with E-state index in [1.807, 2.05) is 25.7 Å². The summed E-state index contributed by atoms with van der Waals surface area (Å²) in [6.07, 6.45) is 1.47. The molecule has 1 fully saturated rings. The maximum absolute atomic E-state index is 12.7. The molecule has 0 unspecified atom stereocenters. The second kappa shape index (κ2) is 9.22. The molecular formula is C22H33N3O3. The van der Waals surface area contributed by atoms with Crippen LogP contribution in [0.25, 0.3) is 0 Å². The Morgan fingerprint density at radius 2 is 1.43 bits per heavy atom. The predicted molar refractivity (Wildman–Crippen MR) is 110 cm³/mol. The minimum Gasteiger partial charge on any atom is -0.347 e. The van der Waals surface area contributed by atoms with Crippen LogP contribution in [-0.2, 0) is 4.79 Å². The predicted octanol–water partition coefficient (Wildman–Crippen LogP) is 2.94. The van der Waals surface area contributed by atoms with Crippen LogP contribution in [-0.4, -0.2) is 59.2 Å². The zero-order valence-electron chi connectivity index (χ0n) is 17.7. The fourth-order valence-corrected chi connectivity index (χ4v) is 3.09.